The number of hydrogen-bond acceptors (Lipinski definition) is 6. The van der Waals surface area contributed by atoms with Crippen LogP contribution in [0.5, 0.6) is 5.88 Å². The summed E-state index contributed by atoms with van der Waals surface area (Å²) in [7, 11) is 0. The van der Waals surface area contributed by atoms with Gasteiger partial charge >= 0.3 is 5.97 Å². The summed E-state index contributed by atoms with van der Waals surface area (Å²) in [6.45, 7) is 0. The van der Waals surface area contributed by atoms with Gasteiger partial charge in [0.25, 0.3) is 5.91 Å². The van der Waals surface area contributed by atoms with Gasteiger partial charge in [0.15, 0.2) is 5.69 Å². The molecule has 32 heavy (non-hydrogen) atoms. The molecule has 0 bridgehead atoms. The maximum absolute atomic E-state index is 14.0. The molecule has 11 heteroatoms. The minimum Gasteiger partial charge on any atom is -0.493 e. The molecular formula is C21H17FN6O4. The summed E-state index contributed by atoms with van der Waals surface area (Å²) in [4.78, 5) is 28.0. The second kappa shape index (κ2) is 8.68. The van der Waals surface area contributed by atoms with Gasteiger partial charge in [0.1, 0.15) is 24.2 Å². The van der Waals surface area contributed by atoms with E-state index in [2.05, 4.69) is 20.5 Å². The van der Waals surface area contributed by atoms with Crippen LogP contribution in [0.15, 0.2) is 67.3 Å². The van der Waals surface area contributed by atoms with Crippen molar-refractivity contribution in [2.24, 2.45) is 0 Å². The van der Waals surface area contributed by atoms with Crippen molar-refractivity contribution in [3.05, 3.63) is 84.3 Å². The SMILES string of the molecule is O=C(O)CC(NC(=O)c1cc(O)n(-c2ccccc2F)n1)c1ccc(-n2cncn2)cc1. The number of aromatic hydroxyl groups is 1. The van der Waals surface area contributed by atoms with Crippen LogP contribution in [-0.4, -0.2) is 46.6 Å². The normalized spacial score (nSPS) is 11.8. The summed E-state index contributed by atoms with van der Waals surface area (Å²) in [5, 5.41) is 30.0. The number of aliphatic carboxylic acids is 1. The van der Waals surface area contributed by atoms with E-state index >= 15 is 0 Å². The Kier molecular flexibility index (Phi) is 5.62. The largest absolute Gasteiger partial charge is 0.493 e. The van der Waals surface area contributed by atoms with E-state index in [4.69, 9.17) is 0 Å². The molecule has 10 nitrogen and oxygen atoms in total. The number of rotatable bonds is 7. The molecule has 3 N–H and O–H groups in total. The van der Waals surface area contributed by atoms with E-state index in [9.17, 15) is 24.2 Å². The van der Waals surface area contributed by atoms with E-state index in [1.807, 2.05) is 0 Å². The molecule has 0 fully saturated rings. The first-order chi connectivity index (χ1) is 15.4. The van der Waals surface area contributed by atoms with Gasteiger partial charge < -0.3 is 15.5 Å². The third-order valence-electron chi connectivity index (χ3n) is 4.67. The number of carbonyl (C=O) groups excluding carboxylic acids is 1. The Morgan fingerprint density at radius 3 is 2.53 bits per heavy atom. The standard InChI is InChI=1S/C21H17FN6O4/c22-15-3-1-2-4-18(15)28-19(29)9-17(26-28)21(32)25-16(10-20(30)31)13-5-7-14(8-6-13)27-12-23-11-24-27/h1-9,11-12,16,29H,10H2,(H,25,32)(H,30,31). The van der Waals surface area contributed by atoms with E-state index in [0.717, 1.165) is 10.7 Å². The maximum Gasteiger partial charge on any atom is 0.305 e. The molecule has 0 saturated heterocycles. The number of nitrogens with one attached hydrogen (secondary N) is 1. The van der Waals surface area contributed by atoms with Gasteiger partial charge in [-0.25, -0.2) is 14.1 Å². The molecule has 4 rings (SSSR count). The van der Waals surface area contributed by atoms with Crippen molar-refractivity contribution < 1.29 is 24.2 Å². The van der Waals surface area contributed by atoms with Crippen molar-refractivity contribution in [3.63, 3.8) is 0 Å². The van der Waals surface area contributed by atoms with E-state index in [1.54, 1.807) is 30.3 Å². The van der Waals surface area contributed by atoms with Crippen LogP contribution in [0.2, 0.25) is 0 Å². The molecule has 4 aromatic rings. The number of carbonyl (C=O) groups is 2. The first-order valence-electron chi connectivity index (χ1n) is 9.44. The third kappa shape index (κ3) is 4.31. The van der Waals surface area contributed by atoms with Gasteiger partial charge in [-0.2, -0.15) is 14.9 Å². The number of amides is 1. The number of hydrogen-bond donors (Lipinski definition) is 3. The summed E-state index contributed by atoms with van der Waals surface area (Å²) in [5.74, 6) is -2.90. The number of carboxylic acid groups (broad SMARTS) is 1. The van der Waals surface area contributed by atoms with E-state index < -0.39 is 29.6 Å². The van der Waals surface area contributed by atoms with Crippen molar-refractivity contribution >= 4 is 11.9 Å². The van der Waals surface area contributed by atoms with Gasteiger partial charge in [-0.1, -0.05) is 24.3 Å². The molecule has 2 aromatic heterocycles. The van der Waals surface area contributed by atoms with Gasteiger partial charge in [-0.15, -0.1) is 0 Å². The van der Waals surface area contributed by atoms with Crippen LogP contribution in [0.3, 0.4) is 0 Å². The average molecular weight is 436 g/mol. The highest BCUT2D eigenvalue weighted by atomic mass is 19.1. The Hall–Kier alpha value is -4.54. The molecule has 2 heterocycles. The lowest BCUT2D eigenvalue weighted by molar-refractivity contribution is -0.137. The zero-order chi connectivity index (χ0) is 22.7. The Morgan fingerprint density at radius 2 is 1.88 bits per heavy atom. The Morgan fingerprint density at radius 1 is 1.12 bits per heavy atom. The van der Waals surface area contributed by atoms with Crippen LogP contribution in [0.1, 0.15) is 28.5 Å². The Bertz CT molecular complexity index is 1250. The minimum absolute atomic E-state index is 0.0326. The summed E-state index contributed by atoms with van der Waals surface area (Å²) < 4.78 is 16.5. The molecular weight excluding hydrogens is 419 g/mol. The summed E-state index contributed by atoms with van der Waals surface area (Å²) >= 11 is 0. The molecule has 1 amide bonds. The molecule has 0 aliphatic heterocycles. The predicted octanol–water partition coefficient (Wildman–Crippen LogP) is 2.24. The van der Waals surface area contributed by atoms with Crippen LogP contribution < -0.4 is 5.32 Å². The maximum atomic E-state index is 14.0. The topological polar surface area (TPSA) is 135 Å². The van der Waals surface area contributed by atoms with Crippen molar-refractivity contribution in [1.82, 2.24) is 29.9 Å². The number of nitrogens with zero attached hydrogens (tertiary/aromatic N) is 5. The third-order valence-corrected chi connectivity index (χ3v) is 4.67. The molecule has 0 saturated carbocycles. The first-order valence-corrected chi connectivity index (χ1v) is 9.44. The second-order valence-corrected chi connectivity index (χ2v) is 6.81. The van der Waals surface area contributed by atoms with Gasteiger partial charge in [-0.3, -0.25) is 9.59 Å². The highest BCUT2D eigenvalue weighted by Crippen LogP contribution is 2.23. The predicted molar refractivity (Wildman–Crippen MR) is 109 cm³/mol. The summed E-state index contributed by atoms with van der Waals surface area (Å²) in [5.41, 5.74) is 1.03. The van der Waals surface area contributed by atoms with Crippen LogP contribution in [0.25, 0.3) is 11.4 Å². The fourth-order valence-electron chi connectivity index (χ4n) is 3.14. The summed E-state index contributed by atoms with van der Waals surface area (Å²) in [6.07, 6.45) is 2.52. The highest BCUT2D eigenvalue weighted by molar-refractivity contribution is 5.93. The molecule has 1 unspecified atom stereocenters. The average Bonchev–Trinajstić information content (AvgIpc) is 3.44. The van der Waals surface area contributed by atoms with Crippen LogP contribution >= 0.6 is 0 Å². The number of halogens is 1. The lowest BCUT2D eigenvalue weighted by atomic mass is 10.0. The van der Waals surface area contributed by atoms with Crippen LogP contribution in [0, 0.1) is 5.82 Å². The molecule has 0 spiro atoms. The van der Waals surface area contributed by atoms with Gasteiger partial charge in [0.05, 0.1) is 18.2 Å². The lowest BCUT2D eigenvalue weighted by Crippen LogP contribution is -2.30. The van der Waals surface area contributed by atoms with Crippen LogP contribution in [0.4, 0.5) is 4.39 Å². The zero-order valence-corrected chi connectivity index (χ0v) is 16.5. The minimum atomic E-state index is -1.12. The molecule has 0 radical (unpaired) electrons. The van der Waals surface area contributed by atoms with Gasteiger partial charge in [-0.05, 0) is 29.8 Å². The van der Waals surface area contributed by atoms with Crippen molar-refractivity contribution in [2.45, 2.75) is 12.5 Å². The van der Waals surface area contributed by atoms with Crippen molar-refractivity contribution in [2.75, 3.05) is 0 Å². The van der Waals surface area contributed by atoms with Crippen molar-refractivity contribution in [1.29, 1.82) is 0 Å². The van der Waals surface area contributed by atoms with Gasteiger partial charge in [0, 0.05) is 6.07 Å². The fourth-order valence-corrected chi connectivity index (χ4v) is 3.14. The second-order valence-electron chi connectivity index (χ2n) is 6.81. The molecule has 0 aliphatic rings. The Labute approximate surface area is 180 Å². The van der Waals surface area contributed by atoms with Crippen LogP contribution in [-0.2, 0) is 4.79 Å². The molecule has 2 aromatic carbocycles. The van der Waals surface area contributed by atoms with E-state index in [-0.39, 0.29) is 17.8 Å². The Balaban J connectivity index is 1.57. The van der Waals surface area contributed by atoms with Gasteiger partial charge in [0.2, 0.25) is 5.88 Å². The molecule has 0 aliphatic carbocycles. The highest BCUT2D eigenvalue weighted by Gasteiger charge is 2.22. The van der Waals surface area contributed by atoms with E-state index in [1.165, 1.54) is 35.5 Å². The quantitative estimate of drug-likeness (QED) is 0.404. The summed E-state index contributed by atoms with van der Waals surface area (Å²) in [6, 6.07) is 12.6. The lowest BCUT2D eigenvalue weighted by Gasteiger charge is -2.17. The first kappa shape index (κ1) is 20.7. The fraction of sp³-hybridized carbons (Fsp3) is 0.0952. The molecule has 1 atom stereocenters. The van der Waals surface area contributed by atoms with E-state index in [0.29, 0.717) is 11.3 Å². The zero-order valence-electron chi connectivity index (χ0n) is 16.5. The number of carboxylic acids is 1. The number of para-hydroxylation sites is 1. The monoisotopic (exact) mass is 436 g/mol. The smallest absolute Gasteiger partial charge is 0.305 e. The van der Waals surface area contributed by atoms with Crippen molar-refractivity contribution in [3.8, 4) is 17.3 Å². The number of aromatic nitrogens is 5. The molecule has 162 valence electrons. The number of benzene rings is 2.